The zero-order chi connectivity index (χ0) is 28.9. The van der Waals surface area contributed by atoms with Gasteiger partial charge in [-0.2, -0.15) is 0 Å². The van der Waals surface area contributed by atoms with Crippen LogP contribution in [0.15, 0.2) is 48.8 Å². The smallest absolute Gasteiger partial charge is 0.243 e. The molecule has 3 heterocycles. The zero-order valence-electron chi connectivity index (χ0n) is 23.0. The SMILES string of the molecule is CCO[C@H](c1cnc(C)cn1)[C@@H](C)S(=O)(=O)Nc1nnc(-c2cccc(OC)n2)n1-c1c(OC)cccc1OC. The van der Waals surface area contributed by atoms with E-state index in [4.69, 9.17) is 18.9 Å². The van der Waals surface area contributed by atoms with Crippen LogP contribution in [0.1, 0.15) is 31.3 Å². The van der Waals surface area contributed by atoms with Gasteiger partial charge in [-0.25, -0.2) is 13.4 Å². The lowest BCUT2D eigenvalue weighted by molar-refractivity contribution is 0.0588. The number of pyridine rings is 1. The number of benzene rings is 1. The summed E-state index contributed by atoms with van der Waals surface area (Å²) < 4.78 is 53.9. The number of sulfonamides is 1. The van der Waals surface area contributed by atoms with Gasteiger partial charge in [0.15, 0.2) is 5.82 Å². The Bertz CT molecular complexity index is 1540. The van der Waals surface area contributed by atoms with Crippen LogP contribution in [0.25, 0.3) is 17.2 Å². The second-order valence-electron chi connectivity index (χ2n) is 8.57. The minimum atomic E-state index is -4.14. The third-order valence-corrected chi connectivity index (χ3v) is 7.73. The summed E-state index contributed by atoms with van der Waals surface area (Å²) in [4.78, 5) is 13.1. The summed E-state index contributed by atoms with van der Waals surface area (Å²) in [5, 5.41) is 7.39. The molecule has 40 heavy (non-hydrogen) atoms. The standard InChI is InChI=1S/C26H31N7O6S/c1-7-39-24(19-15-27-16(2)14-28-19)17(3)40(34,35)32-26-31-30-25(18-10-8-13-22(29-18)38-6)33(26)23-20(36-4)11-9-12-21(23)37-5/h8-15,17,24H,7H2,1-6H3,(H,31,32)/t17-,24+/m1/s1. The van der Waals surface area contributed by atoms with Crippen molar-refractivity contribution in [1.82, 2.24) is 29.7 Å². The lowest BCUT2D eigenvalue weighted by atomic mass is 10.2. The summed E-state index contributed by atoms with van der Waals surface area (Å²) in [6.07, 6.45) is 2.18. The summed E-state index contributed by atoms with van der Waals surface area (Å²) >= 11 is 0. The van der Waals surface area contributed by atoms with Gasteiger partial charge >= 0.3 is 0 Å². The highest BCUT2D eigenvalue weighted by atomic mass is 32.2. The summed E-state index contributed by atoms with van der Waals surface area (Å²) in [5.74, 6) is 1.23. The highest BCUT2D eigenvalue weighted by Gasteiger charge is 2.35. The first kappa shape index (κ1) is 28.7. The molecule has 2 atom stereocenters. The minimum Gasteiger partial charge on any atom is -0.494 e. The Balaban J connectivity index is 1.85. The molecule has 0 unspecified atom stereocenters. The number of aromatic nitrogens is 6. The highest BCUT2D eigenvalue weighted by molar-refractivity contribution is 7.93. The fourth-order valence-electron chi connectivity index (χ4n) is 4.01. The van der Waals surface area contributed by atoms with Gasteiger partial charge in [0.2, 0.25) is 21.9 Å². The molecular formula is C26H31N7O6S. The van der Waals surface area contributed by atoms with Crippen LogP contribution < -0.4 is 18.9 Å². The average molecular weight is 570 g/mol. The Morgan fingerprint density at radius 2 is 1.65 bits per heavy atom. The van der Waals surface area contributed by atoms with E-state index in [0.29, 0.717) is 40.1 Å². The number of ether oxygens (including phenoxy) is 4. The molecular weight excluding hydrogens is 538 g/mol. The highest BCUT2D eigenvalue weighted by Crippen LogP contribution is 2.38. The largest absolute Gasteiger partial charge is 0.494 e. The molecule has 3 aromatic heterocycles. The van der Waals surface area contributed by atoms with E-state index in [9.17, 15) is 8.42 Å². The monoisotopic (exact) mass is 569 g/mol. The van der Waals surface area contributed by atoms with E-state index < -0.39 is 21.4 Å². The van der Waals surface area contributed by atoms with Crippen LogP contribution >= 0.6 is 0 Å². The quantitative estimate of drug-likeness (QED) is 0.267. The van der Waals surface area contributed by atoms with E-state index in [1.165, 1.54) is 39.0 Å². The average Bonchev–Trinajstić information content (AvgIpc) is 3.37. The Hall–Kier alpha value is -4.30. The molecule has 0 aliphatic heterocycles. The van der Waals surface area contributed by atoms with E-state index in [2.05, 4.69) is 29.9 Å². The number of para-hydroxylation sites is 1. The molecule has 1 N–H and O–H groups in total. The summed E-state index contributed by atoms with van der Waals surface area (Å²) in [6.45, 7) is 5.36. The third-order valence-electron chi connectivity index (χ3n) is 6.04. The van der Waals surface area contributed by atoms with E-state index in [0.717, 1.165) is 0 Å². The van der Waals surface area contributed by atoms with Gasteiger partial charge in [-0.3, -0.25) is 19.3 Å². The normalized spacial score (nSPS) is 12.9. The van der Waals surface area contributed by atoms with Crippen LogP contribution in [0.3, 0.4) is 0 Å². The van der Waals surface area contributed by atoms with Gasteiger partial charge in [-0.1, -0.05) is 12.1 Å². The van der Waals surface area contributed by atoms with E-state index >= 15 is 0 Å². The van der Waals surface area contributed by atoms with Gasteiger partial charge in [-0.15, -0.1) is 10.2 Å². The molecule has 0 radical (unpaired) electrons. The first-order valence-electron chi connectivity index (χ1n) is 12.3. The predicted octanol–water partition coefficient (Wildman–Crippen LogP) is 3.36. The number of methoxy groups -OCH3 is 3. The second-order valence-corrected chi connectivity index (χ2v) is 10.6. The van der Waals surface area contributed by atoms with Crippen LogP contribution in [-0.4, -0.2) is 71.3 Å². The van der Waals surface area contributed by atoms with Crippen LogP contribution in [-0.2, 0) is 14.8 Å². The number of nitrogens with zero attached hydrogens (tertiary/aromatic N) is 6. The Kier molecular flexibility index (Phi) is 8.80. The molecule has 0 saturated carbocycles. The molecule has 14 heteroatoms. The Morgan fingerprint density at radius 3 is 2.25 bits per heavy atom. The molecule has 13 nitrogen and oxygen atoms in total. The number of nitrogens with one attached hydrogen (secondary N) is 1. The molecule has 1 aromatic carbocycles. The van der Waals surface area contributed by atoms with Gasteiger partial charge in [0.25, 0.3) is 0 Å². The van der Waals surface area contributed by atoms with Gasteiger partial charge in [-0.05, 0) is 39.0 Å². The zero-order valence-corrected chi connectivity index (χ0v) is 23.8. The number of anilines is 1. The van der Waals surface area contributed by atoms with Crippen molar-refractivity contribution < 1.29 is 27.4 Å². The molecule has 0 aliphatic rings. The molecule has 0 aliphatic carbocycles. The Labute approximate surface area is 232 Å². The number of hydrogen-bond acceptors (Lipinski definition) is 11. The summed E-state index contributed by atoms with van der Waals surface area (Å²) in [7, 11) is 0.344. The first-order valence-corrected chi connectivity index (χ1v) is 13.9. The van der Waals surface area contributed by atoms with Gasteiger partial charge in [0.05, 0.1) is 38.9 Å². The maximum absolute atomic E-state index is 13.8. The van der Waals surface area contributed by atoms with Gasteiger partial charge in [0.1, 0.15) is 34.2 Å². The molecule has 4 aromatic rings. The Morgan fingerprint density at radius 1 is 0.950 bits per heavy atom. The van der Waals surface area contributed by atoms with Gasteiger partial charge < -0.3 is 18.9 Å². The summed E-state index contributed by atoms with van der Waals surface area (Å²) in [6, 6.07) is 10.3. The molecule has 0 bridgehead atoms. The maximum atomic E-state index is 13.8. The minimum absolute atomic E-state index is 0.112. The van der Waals surface area contributed by atoms with Crippen molar-refractivity contribution in [2.45, 2.75) is 32.1 Å². The lowest BCUT2D eigenvalue weighted by Crippen LogP contribution is -2.33. The molecule has 212 valence electrons. The molecule has 0 fully saturated rings. The first-order chi connectivity index (χ1) is 19.2. The number of aryl methyl sites for hydroxylation is 1. The molecule has 4 rings (SSSR count). The topological polar surface area (TPSA) is 152 Å². The van der Waals surface area contributed by atoms with Crippen molar-refractivity contribution in [3.63, 3.8) is 0 Å². The predicted molar refractivity (Wildman–Crippen MR) is 147 cm³/mol. The fourth-order valence-corrected chi connectivity index (χ4v) is 5.12. The van der Waals surface area contributed by atoms with E-state index in [-0.39, 0.29) is 18.4 Å². The molecule has 0 amide bonds. The van der Waals surface area contributed by atoms with E-state index in [1.54, 1.807) is 56.4 Å². The van der Waals surface area contributed by atoms with Crippen LogP contribution in [0.5, 0.6) is 17.4 Å². The van der Waals surface area contributed by atoms with Crippen LogP contribution in [0, 0.1) is 6.92 Å². The fraction of sp³-hybridized carbons (Fsp3) is 0.346. The second kappa shape index (κ2) is 12.3. The number of hydrogen-bond donors (Lipinski definition) is 1. The molecule has 0 saturated heterocycles. The van der Waals surface area contributed by atoms with Crippen molar-refractivity contribution in [2.24, 2.45) is 0 Å². The van der Waals surface area contributed by atoms with E-state index in [1.807, 2.05) is 0 Å². The third kappa shape index (κ3) is 5.82. The maximum Gasteiger partial charge on any atom is 0.243 e. The number of rotatable bonds is 12. The molecule has 0 spiro atoms. The van der Waals surface area contributed by atoms with Gasteiger partial charge in [0, 0.05) is 18.9 Å². The van der Waals surface area contributed by atoms with Crippen LogP contribution in [0.4, 0.5) is 5.95 Å². The van der Waals surface area contributed by atoms with Crippen molar-refractivity contribution in [3.05, 3.63) is 60.2 Å². The van der Waals surface area contributed by atoms with Crippen molar-refractivity contribution in [1.29, 1.82) is 0 Å². The summed E-state index contributed by atoms with van der Waals surface area (Å²) in [5.41, 5.74) is 1.83. The lowest BCUT2D eigenvalue weighted by Gasteiger charge is -2.24. The van der Waals surface area contributed by atoms with Crippen molar-refractivity contribution >= 4 is 16.0 Å². The van der Waals surface area contributed by atoms with Crippen molar-refractivity contribution in [2.75, 3.05) is 32.7 Å². The van der Waals surface area contributed by atoms with Crippen molar-refractivity contribution in [3.8, 4) is 34.6 Å². The van der Waals surface area contributed by atoms with Crippen LogP contribution in [0.2, 0.25) is 0 Å².